The Morgan fingerprint density at radius 3 is 2.47 bits per heavy atom. The molecule has 2 N–H and O–H groups in total. The second-order valence-electron chi connectivity index (χ2n) is 4.59. The highest BCUT2D eigenvalue weighted by Gasteiger charge is 2.13. The Morgan fingerprint density at radius 1 is 1.32 bits per heavy atom. The van der Waals surface area contributed by atoms with Gasteiger partial charge in [0.05, 0.1) is 6.54 Å². The largest absolute Gasteiger partial charge is 0.399 e. The van der Waals surface area contributed by atoms with E-state index < -0.39 is 0 Å². The van der Waals surface area contributed by atoms with Crippen LogP contribution in [0.25, 0.3) is 0 Å². The Morgan fingerprint density at radius 2 is 1.95 bits per heavy atom. The summed E-state index contributed by atoms with van der Waals surface area (Å²) in [6, 6.07) is 4.62. The lowest BCUT2D eigenvalue weighted by Gasteiger charge is -2.23. The Labute approximate surface area is 114 Å². The van der Waals surface area contributed by atoms with Gasteiger partial charge in [-0.2, -0.15) is 0 Å². The van der Waals surface area contributed by atoms with Gasteiger partial charge in [-0.15, -0.1) is 0 Å². The molecular formula is C14H22FN3O. The van der Waals surface area contributed by atoms with E-state index in [0.29, 0.717) is 30.9 Å². The molecule has 0 saturated carbocycles. The summed E-state index contributed by atoms with van der Waals surface area (Å²) in [5.74, 6) is -0.273. The van der Waals surface area contributed by atoms with Gasteiger partial charge in [0, 0.05) is 30.9 Å². The maximum Gasteiger partial charge on any atom is 0.236 e. The lowest BCUT2D eigenvalue weighted by molar-refractivity contribution is -0.131. The van der Waals surface area contributed by atoms with E-state index in [1.165, 1.54) is 6.07 Å². The van der Waals surface area contributed by atoms with Crippen LogP contribution in [0.15, 0.2) is 18.2 Å². The van der Waals surface area contributed by atoms with Crippen molar-refractivity contribution >= 4 is 11.6 Å². The molecule has 1 aromatic carbocycles. The van der Waals surface area contributed by atoms with Crippen molar-refractivity contribution in [3.05, 3.63) is 29.6 Å². The van der Waals surface area contributed by atoms with Crippen LogP contribution in [-0.2, 0) is 11.3 Å². The smallest absolute Gasteiger partial charge is 0.236 e. The normalized spacial score (nSPS) is 10.8. The average molecular weight is 267 g/mol. The molecule has 0 aromatic heterocycles. The van der Waals surface area contributed by atoms with Crippen molar-refractivity contribution in [1.29, 1.82) is 0 Å². The summed E-state index contributed by atoms with van der Waals surface area (Å²) in [7, 11) is 1.80. The Bertz CT molecular complexity index is 433. The maximum atomic E-state index is 13.6. The number of benzene rings is 1. The van der Waals surface area contributed by atoms with E-state index in [2.05, 4.69) is 0 Å². The molecule has 0 unspecified atom stereocenters. The van der Waals surface area contributed by atoms with E-state index in [-0.39, 0.29) is 18.3 Å². The summed E-state index contributed by atoms with van der Waals surface area (Å²) in [5, 5.41) is 0. The lowest BCUT2D eigenvalue weighted by Crippen LogP contribution is -2.38. The second kappa shape index (κ2) is 7.09. The van der Waals surface area contributed by atoms with Gasteiger partial charge in [-0.3, -0.25) is 9.69 Å². The molecule has 0 aliphatic carbocycles. The number of hydrogen-bond donors (Lipinski definition) is 1. The minimum Gasteiger partial charge on any atom is -0.399 e. The van der Waals surface area contributed by atoms with Crippen molar-refractivity contribution in [3.8, 4) is 0 Å². The number of halogens is 1. The third-order valence-corrected chi connectivity index (χ3v) is 3.04. The molecule has 0 spiro atoms. The van der Waals surface area contributed by atoms with Gasteiger partial charge in [-0.25, -0.2) is 4.39 Å². The summed E-state index contributed by atoms with van der Waals surface area (Å²) >= 11 is 0. The van der Waals surface area contributed by atoms with Crippen LogP contribution < -0.4 is 5.73 Å². The number of amides is 1. The number of likely N-dealkylation sites (N-methyl/N-ethyl adjacent to an activating group) is 2. The fraction of sp³-hybridized carbons (Fsp3) is 0.500. The molecule has 0 atom stereocenters. The summed E-state index contributed by atoms with van der Waals surface area (Å²) in [4.78, 5) is 15.5. The quantitative estimate of drug-likeness (QED) is 0.798. The van der Waals surface area contributed by atoms with Crippen LogP contribution in [0, 0.1) is 5.82 Å². The number of hydrogen-bond acceptors (Lipinski definition) is 3. The zero-order valence-corrected chi connectivity index (χ0v) is 11.8. The van der Waals surface area contributed by atoms with Crippen LogP contribution >= 0.6 is 0 Å². The minimum absolute atomic E-state index is 0.0587. The Kier molecular flexibility index (Phi) is 5.76. The molecule has 1 amide bonds. The van der Waals surface area contributed by atoms with Crippen LogP contribution in [0.2, 0.25) is 0 Å². The van der Waals surface area contributed by atoms with Gasteiger partial charge >= 0.3 is 0 Å². The molecule has 0 radical (unpaired) electrons. The first-order chi connectivity index (χ1) is 8.97. The number of nitrogens with zero attached hydrogens (tertiary/aromatic N) is 2. The maximum absolute atomic E-state index is 13.6. The minimum atomic E-state index is -0.331. The predicted octanol–water partition coefficient (Wildman–Crippen LogP) is 1.71. The monoisotopic (exact) mass is 267 g/mol. The fourth-order valence-corrected chi connectivity index (χ4v) is 1.95. The van der Waals surface area contributed by atoms with Gasteiger partial charge in [0.1, 0.15) is 5.82 Å². The molecule has 0 saturated heterocycles. The van der Waals surface area contributed by atoms with Crippen molar-refractivity contribution in [2.24, 2.45) is 0 Å². The third kappa shape index (κ3) is 4.52. The molecule has 1 rings (SSSR count). The molecule has 0 bridgehead atoms. The average Bonchev–Trinajstić information content (AvgIpc) is 2.34. The SMILES string of the molecule is CCN(CC)C(=O)CN(C)Cc1ccc(N)cc1F. The van der Waals surface area contributed by atoms with E-state index in [1.54, 1.807) is 29.0 Å². The zero-order chi connectivity index (χ0) is 14.4. The molecule has 106 valence electrons. The molecular weight excluding hydrogens is 245 g/mol. The van der Waals surface area contributed by atoms with E-state index >= 15 is 0 Å². The van der Waals surface area contributed by atoms with Crippen molar-refractivity contribution in [3.63, 3.8) is 0 Å². The van der Waals surface area contributed by atoms with Crippen LogP contribution in [0.5, 0.6) is 0 Å². The molecule has 0 aliphatic heterocycles. The number of nitrogens with two attached hydrogens (primary N) is 1. The lowest BCUT2D eigenvalue weighted by atomic mass is 10.2. The first-order valence-electron chi connectivity index (χ1n) is 6.48. The molecule has 4 nitrogen and oxygen atoms in total. The van der Waals surface area contributed by atoms with Gasteiger partial charge in [0.2, 0.25) is 5.91 Å². The van der Waals surface area contributed by atoms with E-state index in [9.17, 15) is 9.18 Å². The van der Waals surface area contributed by atoms with Gasteiger partial charge in [0.25, 0.3) is 0 Å². The zero-order valence-electron chi connectivity index (χ0n) is 11.8. The van der Waals surface area contributed by atoms with Gasteiger partial charge in [-0.1, -0.05) is 6.07 Å². The first kappa shape index (κ1) is 15.4. The third-order valence-electron chi connectivity index (χ3n) is 3.04. The highest BCUT2D eigenvalue weighted by atomic mass is 19.1. The summed E-state index contributed by atoms with van der Waals surface area (Å²) in [5.41, 5.74) is 6.45. The van der Waals surface area contributed by atoms with Crippen molar-refractivity contribution in [2.75, 3.05) is 32.4 Å². The van der Waals surface area contributed by atoms with Crippen molar-refractivity contribution in [2.45, 2.75) is 20.4 Å². The van der Waals surface area contributed by atoms with E-state index in [4.69, 9.17) is 5.73 Å². The number of rotatable bonds is 6. The van der Waals surface area contributed by atoms with Gasteiger partial charge in [-0.05, 0) is 33.0 Å². The number of nitrogen functional groups attached to an aromatic ring is 1. The Hall–Kier alpha value is -1.62. The predicted molar refractivity (Wildman–Crippen MR) is 75.1 cm³/mol. The number of carbonyl (C=O) groups excluding carboxylic acids is 1. The summed E-state index contributed by atoms with van der Waals surface area (Å²) in [6.07, 6.45) is 0. The van der Waals surface area contributed by atoms with Gasteiger partial charge in [0.15, 0.2) is 0 Å². The molecule has 0 heterocycles. The number of anilines is 1. The van der Waals surface area contributed by atoms with E-state index in [1.807, 2.05) is 13.8 Å². The summed E-state index contributed by atoms with van der Waals surface area (Å²) in [6.45, 7) is 5.95. The highest BCUT2D eigenvalue weighted by Crippen LogP contribution is 2.13. The van der Waals surface area contributed by atoms with Crippen LogP contribution in [0.1, 0.15) is 19.4 Å². The fourth-order valence-electron chi connectivity index (χ4n) is 1.95. The second-order valence-corrected chi connectivity index (χ2v) is 4.59. The molecule has 0 fully saturated rings. The first-order valence-corrected chi connectivity index (χ1v) is 6.48. The molecule has 19 heavy (non-hydrogen) atoms. The standard InChI is InChI=1S/C14H22FN3O/c1-4-18(5-2)14(19)10-17(3)9-11-6-7-12(16)8-13(11)15/h6-8H,4-5,9-10,16H2,1-3H3. The molecule has 0 aliphatic rings. The van der Waals surface area contributed by atoms with Crippen LogP contribution in [0.3, 0.4) is 0 Å². The molecule has 1 aromatic rings. The van der Waals surface area contributed by atoms with Crippen molar-refractivity contribution in [1.82, 2.24) is 9.80 Å². The Balaban J connectivity index is 2.60. The topological polar surface area (TPSA) is 49.6 Å². The molecule has 5 heteroatoms. The van der Waals surface area contributed by atoms with Crippen LogP contribution in [-0.4, -0.2) is 42.4 Å². The van der Waals surface area contributed by atoms with E-state index in [0.717, 1.165) is 0 Å². The summed E-state index contributed by atoms with van der Waals surface area (Å²) < 4.78 is 13.6. The van der Waals surface area contributed by atoms with Crippen molar-refractivity contribution < 1.29 is 9.18 Å². The highest BCUT2D eigenvalue weighted by molar-refractivity contribution is 5.78. The number of carbonyl (C=O) groups is 1. The van der Waals surface area contributed by atoms with Crippen LogP contribution in [0.4, 0.5) is 10.1 Å². The van der Waals surface area contributed by atoms with Gasteiger partial charge < -0.3 is 10.6 Å².